The molecule has 2 nitrogen and oxygen atoms in total. The molecule has 1 aliphatic rings. The van der Waals surface area contributed by atoms with E-state index in [-0.39, 0.29) is 0 Å². The first-order valence-electron chi connectivity index (χ1n) is 6.65. The number of aromatic amines is 1. The number of rotatable bonds is 2. The van der Waals surface area contributed by atoms with E-state index in [1.807, 2.05) is 0 Å². The Hall–Kier alpha value is -1.35. The van der Waals surface area contributed by atoms with Crippen molar-refractivity contribution in [3.8, 4) is 0 Å². The molecule has 0 saturated carbocycles. The van der Waals surface area contributed by atoms with Crippen LogP contribution in [-0.2, 0) is 19.3 Å². The Morgan fingerprint density at radius 1 is 1.33 bits per heavy atom. The van der Waals surface area contributed by atoms with E-state index in [9.17, 15) is 0 Å². The first kappa shape index (κ1) is 11.7. The van der Waals surface area contributed by atoms with Crippen LogP contribution in [0.5, 0.6) is 0 Å². The van der Waals surface area contributed by atoms with Crippen molar-refractivity contribution in [3.05, 3.63) is 52.1 Å². The van der Waals surface area contributed by atoms with E-state index in [1.165, 1.54) is 23.2 Å². The smallest absolute Gasteiger partial charge is 0.177 e. The topological polar surface area (TPSA) is 20.7 Å². The molecule has 1 unspecified atom stereocenters. The zero-order valence-corrected chi connectivity index (χ0v) is 11.5. The van der Waals surface area contributed by atoms with Gasteiger partial charge >= 0.3 is 0 Å². The third-order valence-electron chi connectivity index (χ3n) is 3.94. The van der Waals surface area contributed by atoms with E-state index in [2.05, 4.69) is 46.9 Å². The first-order valence-corrected chi connectivity index (χ1v) is 7.06. The summed E-state index contributed by atoms with van der Waals surface area (Å²) in [6.07, 6.45) is 6.55. The molecule has 3 rings (SSSR count). The Morgan fingerprint density at radius 2 is 2.11 bits per heavy atom. The molecule has 2 aromatic rings. The van der Waals surface area contributed by atoms with Crippen molar-refractivity contribution in [1.82, 2.24) is 9.55 Å². The molecule has 0 radical (unpaired) electrons. The van der Waals surface area contributed by atoms with Crippen LogP contribution in [-0.4, -0.2) is 9.55 Å². The van der Waals surface area contributed by atoms with Crippen molar-refractivity contribution < 1.29 is 0 Å². The average Bonchev–Trinajstić information content (AvgIpc) is 2.79. The minimum absolute atomic E-state index is 0.522. The molecule has 3 heteroatoms. The molecule has 0 saturated heterocycles. The summed E-state index contributed by atoms with van der Waals surface area (Å²) in [5.74, 6) is 0. The molecule has 0 bridgehead atoms. The Labute approximate surface area is 113 Å². The van der Waals surface area contributed by atoms with Crippen LogP contribution in [0.4, 0.5) is 0 Å². The molecule has 0 aliphatic heterocycles. The van der Waals surface area contributed by atoms with Crippen LogP contribution in [0.2, 0.25) is 0 Å². The number of hydrogen-bond donors (Lipinski definition) is 1. The number of aryl methyl sites for hydroxylation is 2. The number of hydrogen-bond acceptors (Lipinski definition) is 1. The van der Waals surface area contributed by atoms with Crippen molar-refractivity contribution in [2.75, 3.05) is 0 Å². The number of fused-ring (bicyclic) bond motifs is 1. The van der Waals surface area contributed by atoms with Gasteiger partial charge in [0.25, 0.3) is 0 Å². The zero-order valence-electron chi connectivity index (χ0n) is 10.6. The van der Waals surface area contributed by atoms with Gasteiger partial charge in [0.15, 0.2) is 4.77 Å². The number of H-pyrrole nitrogens is 1. The molecule has 0 amide bonds. The van der Waals surface area contributed by atoms with Gasteiger partial charge in [-0.05, 0) is 49.0 Å². The van der Waals surface area contributed by atoms with Crippen molar-refractivity contribution in [2.45, 2.75) is 38.6 Å². The summed E-state index contributed by atoms with van der Waals surface area (Å²) in [5, 5.41) is 0. The van der Waals surface area contributed by atoms with E-state index < -0.39 is 0 Å². The monoisotopic (exact) mass is 258 g/mol. The lowest BCUT2D eigenvalue weighted by molar-refractivity contribution is 0.428. The van der Waals surface area contributed by atoms with Gasteiger partial charge in [-0.25, -0.2) is 0 Å². The lowest BCUT2D eigenvalue weighted by Crippen LogP contribution is -2.20. The number of benzene rings is 1. The van der Waals surface area contributed by atoms with Gasteiger partial charge in [0.1, 0.15) is 0 Å². The van der Waals surface area contributed by atoms with Crippen LogP contribution in [0.25, 0.3) is 0 Å². The average molecular weight is 258 g/mol. The molecule has 94 valence electrons. The third kappa shape index (κ3) is 1.93. The number of imidazole rings is 1. The molecule has 0 spiro atoms. The molecule has 1 aliphatic carbocycles. The number of nitrogens with one attached hydrogen (secondary N) is 1. The molecule has 1 aromatic heterocycles. The van der Waals surface area contributed by atoms with Crippen LogP contribution in [0.3, 0.4) is 0 Å². The van der Waals surface area contributed by atoms with E-state index in [0.717, 1.165) is 24.0 Å². The molecule has 18 heavy (non-hydrogen) atoms. The van der Waals surface area contributed by atoms with Gasteiger partial charge in [-0.3, -0.25) is 0 Å². The predicted molar refractivity (Wildman–Crippen MR) is 76.5 cm³/mol. The van der Waals surface area contributed by atoms with Gasteiger partial charge in [0, 0.05) is 17.9 Å². The molecule has 1 heterocycles. The molecular weight excluding hydrogens is 240 g/mol. The zero-order chi connectivity index (χ0) is 12.5. The SMILES string of the molecule is CCc1c[nH]c(=S)n1C1CCc2ccccc2C1. The largest absolute Gasteiger partial charge is 0.337 e. The maximum absolute atomic E-state index is 5.43. The van der Waals surface area contributed by atoms with Crippen molar-refractivity contribution in [3.63, 3.8) is 0 Å². The Morgan fingerprint density at radius 3 is 2.89 bits per heavy atom. The first-order chi connectivity index (χ1) is 8.79. The lowest BCUT2D eigenvalue weighted by Gasteiger charge is -2.27. The predicted octanol–water partition coefficient (Wildman–Crippen LogP) is 3.84. The van der Waals surface area contributed by atoms with Crippen molar-refractivity contribution in [2.24, 2.45) is 0 Å². The summed E-state index contributed by atoms with van der Waals surface area (Å²) in [5.41, 5.74) is 4.32. The molecule has 1 N–H and O–H groups in total. The summed E-state index contributed by atoms with van der Waals surface area (Å²) in [6.45, 7) is 2.19. The summed E-state index contributed by atoms with van der Waals surface area (Å²) in [4.78, 5) is 3.19. The van der Waals surface area contributed by atoms with Gasteiger partial charge in [0.05, 0.1) is 0 Å². The Balaban J connectivity index is 1.96. The van der Waals surface area contributed by atoms with Gasteiger partial charge in [0.2, 0.25) is 0 Å². The van der Waals surface area contributed by atoms with Gasteiger partial charge < -0.3 is 9.55 Å². The normalized spacial score (nSPS) is 18.6. The maximum atomic E-state index is 5.43. The fourth-order valence-electron chi connectivity index (χ4n) is 2.99. The number of nitrogens with zero attached hydrogens (tertiary/aromatic N) is 1. The second-order valence-corrected chi connectivity index (χ2v) is 5.36. The quantitative estimate of drug-likeness (QED) is 0.812. The van der Waals surface area contributed by atoms with E-state index in [0.29, 0.717) is 6.04 Å². The van der Waals surface area contributed by atoms with Gasteiger partial charge in [-0.15, -0.1) is 0 Å². The summed E-state index contributed by atoms with van der Waals surface area (Å²) in [7, 11) is 0. The second-order valence-electron chi connectivity index (χ2n) is 4.97. The van der Waals surface area contributed by atoms with Crippen LogP contribution in [0.1, 0.15) is 36.2 Å². The highest BCUT2D eigenvalue weighted by Crippen LogP contribution is 2.30. The minimum atomic E-state index is 0.522. The second kappa shape index (κ2) is 4.73. The van der Waals surface area contributed by atoms with Crippen molar-refractivity contribution >= 4 is 12.2 Å². The van der Waals surface area contributed by atoms with E-state index >= 15 is 0 Å². The summed E-state index contributed by atoms with van der Waals surface area (Å²) < 4.78 is 3.20. The fourth-order valence-corrected chi connectivity index (χ4v) is 3.31. The van der Waals surface area contributed by atoms with Crippen LogP contribution < -0.4 is 0 Å². The highest BCUT2D eigenvalue weighted by atomic mass is 32.1. The van der Waals surface area contributed by atoms with E-state index in [1.54, 1.807) is 0 Å². The highest BCUT2D eigenvalue weighted by molar-refractivity contribution is 7.71. The highest BCUT2D eigenvalue weighted by Gasteiger charge is 2.21. The number of aromatic nitrogens is 2. The van der Waals surface area contributed by atoms with Gasteiger partial charge in [-0.1, -0.05) is 31.2 Å². The van der Waals surface area contributed by atoms with E-state index in [4.69, 9.17) is 12.2 Å². The molecular formula is C15H18N2S. The summed E-state index contributed by atoms with van der Waals surface area (Å²) in [6, 6.07) is 9.30. The minimum Gasteiger partial charge on any atom is -0.337 e. The molecule has 1 atom stereocenters. The molecule has 0 fully saturated rings. The lowest BCUT2D eigenvalue weighted by atomic mass is 9.88. The Kier molecular flexibility index (Phi) is 3.08. The fraction of sp³-hybridized carbons (Fsp3) is 0.400. The standard InChI is InChI=1S/C15H18N2S/c1-2-13-10-16-15(18)17(13)14-8-7-11-5-3-4-6-12(11)9-14/h3-6,10,14H,2,7-9H2,1H3,(H,16,18). The third-order valence-corrected chi connectivity index (χ3v) is 4.25. The van der Waals surface area contributed by atoms with Crippen LogP contribution >= 0.6 is 12.2 Å². The molecule has 1 aromatic carbocycles. The van der Waals surface area contributed by atoms with Crippen molar-refractivity contribution in [1.29, 1.82) is 0 Å². The van der Waals surface area contributed by atoms with Crippen LogP contribution in [0, 0.1) is 4.77 Å². The van der Waals surface area contributed by atoms with Gasteiger partial charge in [-0.2, -0.15) is 0 Å². The summed E-state index contributed by atoms with van der Waals surface area (Å²) >= 11 is 5.43. The van der Waals surface area contributed by atoms with Crippen LogP contribution in [0.15, 0.2) is 30.5 Å². The maximum Gasteiger partial charge on any atom is 0.177 e. The Bertz CT molecular complexity index is 609.